The highest BCUT2D eigenvalue weighted by Gasteiger charge is 1.92. The summed E-state index contributed by atoms with van der Waals surface area (Å²) in [5.41, 5.74) is 5.00. The maximum absolute atomic E-state index is 10.1. The normalized spacial score (nSPS) is 9.67. The van der Waals surface area contributed by atoms with E-state index in [1.54, 1.807) is 0 Å². The number of methoxy groups -OCH3 is 1. The van der Waals surface area contributed by atoms with Gasteiger partial charge in [-0.1, -0.05) is 0 Å². The number of nitrogens with two attached hydrogens (primary N) is 1. The van der Waals surface area contributed by atoms with Gasteiger partial charge >= 0.3 is 16.4 Å². The zero-order valence-corrected chi connectivity index (χ0v) is 7.24. The first-order chi connectivity index (χ1) is 5.31. The molecule has 0 aliphatic rings. The summed E-state index contributed by atoms with van der Waals surface area (Å²) in [7, 11) is -3.32. The zero-order valence-electron chi connectivity index (χ0n) is 6.43. The predicted molar refractivity (Wildman–Crippen MR) is 39.9 cm³/mol. The van der Waals surface area contributed by atoms with Gasteiger partial charge in [0.1, 0.15) is 0 Å². The van der Waals surface area contributed by atoms with Gasteiger partial charge in [-0.3, -0.25) is 13.9 Å². The van der Waals surface area contributed by atoms with E-state index in [0.717, 1.165) is 0 Å². The van der Waals surface area contributed by atoms with E-state index in [4.69, 9.17) is 23.3 Å². The van der Waals surface area contributed by atoms with E-state index >= 15 is 0 Å². The van der Waals surface area contributed by atoms with Crippen molar-refractivity contribution in [3.8, 4) is 0 Å². The van der Waals surface area contributed by atoms with Gasteiger partial charge < -0.3 is 10.5 Å². The lowest BCUT2D eigenvalue weighted by atomic mass is 10.4. The first-order valence-electron chi connectivity index (χ1n) is 2.78. The van der Waals surface area contributed by atoms with Crippen molar-refractivity contribution in [1.82, 2.24) is 0 Å². The van der Waals surface area contributed by atoms with Gasteiger partial charge in [0.25, 0.3) is 0 Å². The molecule has 0 fully saturated rings. The zero-order chi connectivity index (χ0) is 10.2. The van der Waals surface area contributed by atoms with Crippen LogP contribution in [0.5, 0.6) is 0 Å². The van der Waals surface area contributed by atoms with Crippen molar-refractivity contribution in [1.29, 1.82) is 0 Å². The van der Waals surface area contributed by atoms with E-state index in [1.807, 2.05) is 0 Å². The number of carbonyl (C=O) groups excluding carboxylic acids is 1. The largest absolute Gasteiger partial charge is 0.469 e. The molecule has 0 saturated carbocycles. The van der Waals surface area contributed by atoms with Crippen LogP contribution in [0.15, 0.2) is 0 Å². The van der Waals surface area contributed by atoms with E-state index < -0.39 is 10.4 Å². The van der Waals surface area contributed by atoms with Crippen molar-refractivity contribution in [3.63, 3.8) is 0 Å². The molecule has 0 atom stereocenters. The Balaban J connectivity index is 0. The highest BCUT2D eigenvalue weighted by Crippen LogP contribution is 1.76. The Morgan fingerprint density at radius 3 is 1.92 bits per heavy atom. The molecule has 0 aromatic heterocycles. The SMILES string of the molecule is COC(=O)CCN.O=S(=O)(O)O. The third kappa shape index (κ3) is 34.6. The van der Waals surface area contributed by atoms with Crippen molar-refractivity contribution in [2.75, 3.05) is 13.7 Å². The summed E-state index contributed by atoms with van der Waals surface area (Å²) < 4.78 is 35.9. The maximum Gasteiger partial charge on any atom is 0.394 e. The minimum absolute atomic E-state index is 0.248. The summed E-state index contributed by atoms with van der Waals surface area (Å²) >= 11 is 0. The first kappa shape index (κ1) is 13.9. The molecule has 0 amide bonds. The fraction of sp³-hybridized carbons (Fsp3) is 0.750. The summed E-state index contributed by atoms with van der Waals surface area (Å²) in [5, 5.41) is 0. The lowest BCUT2D eigenvalue weighted by molar-refractivity contribution is -0.140. The van der Waals surface area contributed by atoms with Gasteiger partial charge in [0, 0.05) is 6.54 Å². The Morgan fingerprint density at radius 1 is 1.50 bits per heavy atom. The Morgan fingerprint density at radius 2 is 1.83 bits per heavy atom. The summed E-state index contributed by atoms with van der Waals surface area (Å²) in [5.74, 6) is -0.248. The summed E-state index contributed by atoms with van der Waals surface area (Å²) in [6.07, 6.45) is 0.316. The van der Waals surface area contributed by atoms with Crippen LogP contribution in [0, 0.1) is 0 Å². The molecule has 0 unspecified atom stereocenters. The Kier molecular flexibility index (Phi) is 8.06. The number of carbonyl (C=O) groups is 1. The first-order valence-corrected chi connectivity index (χ1v) is 4.17. The predicted octanol–water partition coefficient (Wildman–Crippen LogP) is -1.14. The molecule has 0 radical (unpaired) electrons. The van der Waals surface area contributed by atoms with Crippen LogP contribution >= 0.6 is 0 Å². The van der Waals surface area contributed by atoms with Crippen molar-refractivity contribution in [3.05, 3.63) is 0 Å². The van der Waals surface area contributed by atoms with Gasteiger partial charge in [-0.2, -0.15) is 8.42 Å². The van der Waals surface area contributed by atoms with Gasteiger partial charge in [-0.25, -0.2) is 0 Å². The fourth-order valence-corrected chi connectivity index (χ4v) is 0.220. The molecule has 0 heterocycles. The molecule has 7 nitrogen and oxygen atoms in total. The molecule has 0 spiro atoms. The molecule has 0 aromatic rings. The summed E-state index contributed by atoms with van der Waals surface area (Å²) in [4.78, 5) is 10.1. The van der Waals surface area contributed by atoms with Crippen LogP contribution in [0.25, 0.3) is 0 Å². The third-order valence-corrected chi connectivity index (χ3v) is 0.576. The van der Waals surface area contributed by atoms with Crippen molar-refractivity contribution >= 4 is 16.4 Å². The average Bonchev–Trinajstić information content (AvgIpc) is 1.85. The molecule has 4 N–H and O–H groups in total. The lowest BCUT2D eigenvalue weighted by Gasteiger charge is -1.91. The van der Waals surface area contributed by atoms with Gasteiger partial charge in [0.15, 0.2) is 0 Å². The van der Waals surface area contributed by atoms with Gasteiger partial charge in [0.2, 0.25) is 0 Å². The highest BCUT2D eigenvalue weighted by molar-refractivity contribution is 7.79. The molecule has 12 heavy (non-hydrogen) atoms. The standard InChI is InChI=1S/C4H9NO2.H2O4S/c1-7-4(6)2-3-5;1-5(2,3)4/h2-3,5H2,1H3;(H2,1,2,3,4). The number of hydrogen-bond acceptors (Lipinski definition) is 5. The third-order valence-electron chi connectivity index (χ3n) is 0.576. The van der Waals surface area contributed by atoms with Crippen molar-refractivity contribution < 1.29 is 27.1 Å². The average molecular weight is 201 g/mol. The second-order valence-corrected chi connectivity index (χ2v) is 2.46. The second-order valence-electron chi connectivity index (χ2n) is 1.56. The van der Waals surface area contributed by atoms with Crippen molar-refractivity contribution in [2.24, 2.45) is 5.73 Å². The van der Waals surface area contributed by atoms with Crippen molar-refractivity contribution in [2.45, 2.75) is 6.42 Å². The molecule has 0 bridgehead atoms. The minimum atomic E-state index is -4.67. The van der Waals surface area contributed by atoms with Crippen LogP contribution < -0.4 is 5.73 Å². The molecule has 0 aliphatic heterocycles. The number of ether oxygens (including phenoxy) is 1. The quantitative estimate of drug-likeness (QED) is 0.380. The van der Waals surface area contributed by atoms with Gasteiger partial charge in [-0.05, 0) is 0 Å². The Labute approximate surface area is 70.1 Å². The summed E-state index contributed by atoms with van der Waals surface area (Å²) in [6, 6.07) is 0. The van der Waals surface area contributed by atoms with Gasteiger partial charge in [-0.15, -0.1) is 0 Å². The number of esters is 1. The van der Waals surface area contributed by atoms with E-state index in [0.29, 0.717) is 13.0 Å². The van der Waals surface area contributed by atoms with Crippen LogP contribution in [-0.4, -0.2) is 37.1 Å². The van der Waals surface area contributed by atoms with E-state index in [1.165, 1.54) is 7.11 Å². The Hall–Kier alpha value is -0.700. The smallest absolute Gasteiger partial charge is 0.394 e. The van der Waals surface area contributed by atoms with Gasteiger partial charge in [0.05, 0.1) is 13.5 Å². The second kappa shape index (κ2) is 6.98. The molecule has 8 heteroatoms. The molecular formula is C4H11NO6S. The van der Waals surface area contributed by atoms with E-state index in [2.05, 4.69) is 4.74 Å². The molecular weight excluding hydrogens is 190 g/mol. The minimum Gasteiger partial charge on any atom is -0.469 e. The monoisotopic (exact) mass is 201 g/mol. The molecule has 74 valence electrons. The van der Waals surface area contributed by atoms with Crippen LogP contribution in [0.3, 0.4) is 0 Å². The van der Waals surface area contributed by atoms with E-state index in [9.17, 15) is 4.79 Å². The fourth-order valence-electron chi connectivity index (χ4n) is 0.220. The molecule has 0 aliphatic carbocycles. The van der Waals surface area contributed by atoms with Crippen LogP contribution in [0.1, 0.15) is 6.42 Å². The molecule has 0 rings (SSSR count). The maximum atomic E-state index is 10.1. The Bertz CT molecular complexity index is 202. The van der Waals surface area contributed by atoms with E-state index in [-0.39, 0.29) is 5.97 Å². The molecule has 0 saturated heterocycles. The number of hydrogen-bond donors (Lipinski definition) is 3. The molecule has 0 aromatic carbocycles. The summed E-state index contributed by atoms with van der Waals surface area (Å²) in [6.45, 7) is 0.368. The number of rotatable bonds is 2. The lowest BCUT2D eigenvalue weighted by Crippen LogP contribution is -2.08. The highest BCUT2D eigenvalue weighted by atomic mass is 32.3. The topological polar surface area (TPSA) is 127 Å². The van der Waals surface area contributed by atoms with Crippen LogP contribution in [0.2, 0.25) is 0 Å². The van der Waals surface area contributed by atoms with Crippen LogP contribution in [-0.2, 0) is 19.9 Å². The van der Waals surface area contributed by atoms with Crippen LogP contribution in [0.4, 0.5) is 0 Å².